The van der Waals surface area contributed by atoms with Crippen LogP contribution in [0.4, 0.5) is 4.39 Å². The Kier molecular flexibility index (Phi) is 4.03. The molecule has 0 radical (unpaired) electrons. The molecule has 2 aromatic heterocycles. The molecule has 124 valence electrons. The van der Waals surface area contributed by atoms with Gasteiger partial charge in [-0.25, -0.2) is 9.37 Å². The van der Waals surface area contributed by atoms with E-state index in [1.54, 1.807) is 40.4 Å². The second-order valence-electron chi connectivity index (χ2n) is 5.32. The first kappa shape index (κ1) is 15.9. The van der Waals surface area contributed by atoms with Gasteiger partial charge in [0.25, 0.3) is 5.91 Å². The van der Waals surface area contributed by atoms with E-state index in [1.807, 2.05) is 6.07 Å². The first-order valence-electron chi connectivity index (χ1n) is 7.48. The molecule has 0 atom stereocenters. The fraction of sp³-hybridized carbons (Fsp3) is 0.0556. The lowest BCUT2D eigenvalue weighted by Crippen LogP contribution is -2.16. The molecule has 0 unspecified atom stereocenters. The number of carbonyl (C=O) groups excluding carboxylic acids is 1. The van der Waals surface area contributed by atoms with Gasteiger partial charge in [0, 0.05) is 12.1 Å². The van der Waals surface area contributed by atoms with Crippen molar-refractivity contribution < 1.29 is 9.18 Å². The van der Waals surface area contributed by atoms with Crippen molar-refractivity contribution in [3.63, 3.8) is 0 Å². The minimum absolute atomic E-state index is 0.337. The lowest BCUT2D eigenvalue weighted by molar-refractivity contribution is 0.0998. The summed E-state index contributed by atoms with van der Waals surface area (Å²) in [5, 5.41) is 0. The van der Waals surface area contributed by atoms with Gasteiger partial charge in [-0.15, -0.1) is 17.9 Å². The first-order valence-corrected chi connectivity index (χ1v) is 9.18. The van der Waals surface area contributed by atoms with E-state index in [9.17, 15) is 9.18 Å². The number of halogens is 1. The zero-order valence-corrected chi connectivity index (χ0v) is 14.6. The third-order valence-corrected chi connectivity index (χ3v) is 5.57. The number of hydrogen-bond donors (Lipinski definition) is 0. The second-order valence-corrected chi connectivity index (χ2v) is 7.22. The van der Waals surface area contributed by atoms with Crippen LogP contribution in [0.25, 0.3) is 20.4 Å². The Hall–Kier alpha value is -2.64. The topological polar surface area (TPSA) is 47.2 Å². The Morgan fingerprint density at radius 2 is 2.20 bits per heavy atom. The molecule has 2 aromatic carbocycles. The highest BCUT2D eigenvalue weighted by Crippen LogP contribution is 2.21. The second kappa shape index (κ2) is 6.34. The molecule has 4 rings (SSSR count). The smallest absolute Gasteiger partial charge is 0.279 e. The third-order valence-electron chi connectivity index (χ3n) is 3.74. The van der Waals surface area contributed by atoms with Crippen LogP contribution in [0.15, 0.2) is 59.6 Å². The van der Waals surface area contributed by atoms with Gasteiger partial charge in [0.2, 0.25) is 0 Å². The largest absolute Gasteiger partial charge is 0.310 e. The van der Waals surface area contributed by atoms with Crippen molar-refractivity contribution in [3.8, 4) is 0 Å². The number of fused-ring (bicyclic) bond motifs is 2. The van der Waals surface area contributed by atoms with Crippen LogP contribution in [0.1, 0.15) is 10.4 Å². The van der Waals surface area contributed by atoms with E-state index < -0.39 is 0 Å². The van der Waals surface area contributed by atoms with Crippen molar-refractivity contribution in [2.45, 2.75) is 6.54 Å². The van der Waals surface area contributed by atoms with Crippen molar-refractivity contribution in [3.05, 3.63) is 70.7 Å². The van der Waals surface area contributed by atoms with Crippen LogP contribution in [0.2, 0.25) is 0 Å². The van der Waals surface area contributed by atoms with Gasteiger partial charge in [-0.1, -0.05) is 23.5 Å². The molecule has 4 aromatic rings. The quantitative estimate of drug-likeness (QED) is 0.503. The van der Waals surface area contributed by atoms with Gasteiger partial charge >= 0.3 is 0 Å². The van der Waals surface area contributed by atoms with Crippen LogP contribution in [0, 0.1) is 5.82 Å². The average molecular weight is 369 g/mol. The number of benzene rings is 2. The summed E-state index contributed by atoms with van der Waals surface area (Å²) >= 11 is 2.76. The van der Waals surface area contributed by atoms with Crippen molar-refractivity contribution in [1.82, 2.24) is 9.55 Å². The summed E-state index contributed by atoms with van der Waals surface area (Å²) in [6, 6.07) is 10.2. The Labute approximate surface area is 150 Å². The molecular formula is C18H12FN3OS2. The predicted octanol–water partition coefficient (Wildman–Crippen LogP) is 4.38. The lowest BCUT2D eigenvalue weighted by Gasteiger charge is -2.01. The van der Waals surface area contributed by atoms with Crippen molar-refractivity contribution in [2.75, 3.05) is 0 Å². The van der Waals surface area contributed by atoms with Crippen molar-refractivity contribution in [2.24, 2.45) is 4.99 Å². The van der Waals surface area contributed by atoms with Crippen LogP contribution in [-0.2, 0) is 6.54 Å². The number of hydrogen-bond acceptors (Lipinski definition) is 4. The molecular weight excluding hydrogens is 357 g/mol. The molecule has 0 aliphatic heterocycles. The SMILES string of the molecule is C=CCn1c(=NC(=O)c2ccc3ncsc3c2)sc2cccc(F)c21. The van der Waals surface area contributed by atoms with E-state index in [-0.39, 0.29) is 11.7 Å². The molecule has 0 saturated heterocycles. The van der Waals surface area contributed by atoms with E-state index in [4.69, 9.17) is 0 Å². The van der Waals surface area contributed by atoms with Crippen LogP contribution in [0.5, 0.6) is 0 Å². The van der Waals surface area contributed by atoms with E-state index >= 15 is 0 Å². The monoisotopic (exact) mass is 369 g/mol. The minimum Gasteiger partial charge on any atom is -0.310 e. The highest BCUT2D eigenvalue weighted by molar-refractivity contribution is 7.17. The maximum Gasteiger partial charge on any atom is 0.279 e. The molecule has 0 spiro atoms. The summed E-state index contributed by atoms with van der Waals surface area (Å²) < 4.78 is 17.5. The molecule has 0 N–H and O–H groups in total. The minimum atomic E-state index is -0.361. The molecule has 7 heteroatoms. The molecule has 1 amide bonds. The van der Waals surface area contributed by atoms with Gasteiger partial charge < -0.3 is 4.57 Å². The molecule has 0 bridgehead atoms. The number of thiazole rings is 2. The van der Waals surface area contributed by atoms with Gasteiger partial charge in [0.15, 0.2) is 4.80 Å². The summed E-state index contributed by atoms with van der Waals surface area (Å²) in [6.45, 7) is 4.08. The summed E-state index contributed by atoms with van der Waals surface area (Å²) in [4.78, 5) is 21.5. The summed E-state index contributed by atoms with van der Waals surface area (Å²) in [5.41, 5.74) is 3.52. The Morgan fingerprint density at radius 1 is 1.32 bits per heavy atom. The number of amides is 1. The number of rotatable bonds is 3. The molecule has 0 fully saturated rings. The van der Waals surface area contributed by atoms with Gasteiger partial charge in [-0.05, 0) is 30.3 Å². The number of para-hydroxylation sites is 1. The molecule has 0 saturated carbocycles. The van der Waals surface area contributed by atoms with Crippen molar-refractivity contribution in [1.29, 1.82) is 0 Å². The summed E-state index contributed by atoms with van der Waals surface area (Å²) in [5.74, 6) is -0.698. The Morgan fingerprint density at radius 3 is 3.04 bits per heavy atom. The molecule has 25 heavy (non-hydrogen) atoms. The zero-order chi connectivity index (χ0) is 17.4. The van der Waals surface area contributed by atoms with Crippen LogP contribution >= 0.6 is 22.7 Å². The van der Waals surface area contributed by atoms with E-state index in [2.05, 4.69) is 16.6 Å². The average Bonchev–Trinajstić information content (AvgIpc) is 3.20. The zero-order valence-electron chi connectivity index (χ0n) is 13.0. The third kappa shape index (κ3) is 2.81. The highest BCUT2D eigenvalue weighted by Gasteiger charge is 2.12. The fourth-order valence-corrected chi connectivity index (χ4v) is 4.38. The van der Waals surface area contributed by atoms with Gasteiger partial charge in [0.05, 0.1) is 25.9 Å². The Balaban J connectivity index is 1.87. The van der Waals surface area contributed by atoms with E-state index in [0.29, 0.717) is 22.4 Å². The number of nitrogens with zero attached hydrogens (tertiary/aromatic N) is 3. The van der Waals surface area contributed by atoms with Crippen LogP contribution < -0.4 is 4.80 Å². The summed E-state index contributed by atoms with van der Waals surface area (Å²) in [6.07, 6.45) is 1.66. The molecule has 4 nitrogen and oxygen atoms in total. The highest BCUT2D eigenvalue weighted by atomic mass is 32.1. The fourth-order valence-electron chi connectivity index (χ4n) is 2.61. The maximum atomic E-state index is 14.2. The molecule has 0 aliphatic carbocycles. The van der Waals surface area contributed by atoms with Gasteiger partial charge in [-0.2, -0.15) is 4.99 Å². The van der Waals surface area contributed by atoms with Gasteiger partial charge in [-0.3, -0.25) is 4.79 Å². The van der Waals surface area contributed by atoms with Crippen molar-refractivity contribution >= 4 is 49.0 Å². The normalized spacial score (nSPS) is 12.1. The van der Waals surface area contributed by atoms with Crippen LogP contribution in [-0.4, -0.2) is 15.5 Å². The molecule has 2 heterocycles. The van der Waals surface area contributed by atoms with Gasteiger partial charge in [0.1, 0.15) is 5.82 Å². The predicted molar refractivity (Wildman–Crippen MR) is 99.5 cm³/mol. The van der Waals surface area contributed by atoms with Crippen LogP contribution in [0.3, 0.4) is 0 Å². The number of carbonyl (C=O) groups is 1. The molecule has 0 aliphatic rings. The standard InChI is InChI=1S/C18H12FN3OS2/c1-2-8-22-16-12(19)4-3-5-14(16)25-18(22)21-17(23)11-6-7-13-15(9-11)24-10-20-13/h2-7,9-10H,1,8H2. The van der Waals surface area contributed by atoms with E-state index in [0.717, 1.165) is 14.9 Å². The first-order chi connectivity index (χ1) is 12.2. The maximum absolute atomic E-state index is 14.2. The number of allylic oxidation sites excluding steroid dienone is 1. The lowest BCUT2D eigenvalue weighted by atomic mass is 10.2. The summed E-state index contributed by atoms with van der Waals surface area (Å²) in [7, 11) is 0. The van der Waals surface area contributed by atoms with E-state index in [1.165, 1.54) is 28.7 Å². The Bertz CT molecular complexity index is 1190. The number of aromatic nitrogens is 2.